The predicted octanol–water partition coefficient (Wildman–Crippen LogP) is 4.66. The highest BCUT2D eigenvalue weighted by atomic mass is 35.5. The van der Waals surface area contributed by atoms with Gasteiger partial charge in [0.25, 0.3) is 0 Å². The van der Waals surface area contributed by atoms with Crippen molar-refractivity contribution < 1.29 is 14.3 Å². The van der Waals surface area contributed by atoms with Crippen molar-refractivity contribution in [2.75, 3.05) is 31.6 Å². The Bertz CT molecular complexity index is 825. The summed E-state index contributed by atoms with van der Waals surface area (Å²) in [5.41, 5.74) is 2.90. The molecule has 2 aromatic rings. The third kappa shape index (κ3) is 5.40. The molecular weight excluding hydrogens is 376 g/mol. The Balaban J connectivity index is 1.69. The largest absolute Gasteiger partial charge is 0.489 e. The molecule has 1 amide bonds. The lowest BCUT2D eigenvalue weighted by atomic mass is 10.1. The van der Waals surface area contributed by atoms with Gasteiger partial charge in [-0.1, -0.05) is 36.7 Å². The summed E-state index contributed by atoms with van der Waals surface area (Å²) in [6, 6.07) is 11.7. The van der Waals surface area contributed by atoms with Gasteiger partial charge in [0.1, 0.15) is 0 Å². The number of halogens is 1. The van der Waals surface area contributed by atoms with Crippen molar-refractivity contribution in [2.45, 2.75) is 33.2 Å². The number of hydrogen-bond donors (Lipinski definition) is 1. The summed E-state index contributed by atoms with van der Waals surface area (Å²) >= 11 is 6.41. The quantitative estimate of drug-likeness (QED) is 0.731. The van der Waals surface area contributed by atoms with Crippen molar-refractivity contribution in [1.29, 1.82) is 0 Å². The minimum absolute atomic E-state index is 0.0248. The lowest BCUT2D eigenvalue weighted by Crippen LogP contribution is -2.33. The molecule has 6 heteroatoms. The van der Waals surface area contributed by atoms with E-state index in [-0.39, 0.29) is 5.91 Å². The number of nitrogens with one attached hydrogen (secondary N) is 1. The first kappa shape index (κ1) is 20.5. The van der Waals surface area contributed by atoms with E-state index in [1.807, 2.05) is 43.3 Å². The van der Waals surface area contributed by atoms with Crippen LogP contribution in [0.25, 0.3) is 0 Å². The van der Waals surface area contributed by atoms with Gasteiger partial charge in [-0.15, -0.1) is 0 Å². The summed E-state index contributed by atoms with van der Waals surface area (Å²) < 4.78 is 11.5. The first-order valence-electron chi connectivity index (χ1n) is 9.72. The molecule has 0 saturated carbocycles. The Kier molecular flexibility index (Phi) is 7.18. The molecule has 28 heavy (non-hydrogen) atoms. The van der Waals surface area contributed by atoms with Gasteiger partial charge in [-0.2, -0.15) is 0 Å². The Labute approximate surface area is 171 Å². The molecule has 0 aromatic heterocycles. The van der Waals surface area contributed by atoms with Gasteiger partial charge in [0.2, 0.25) is 5.91 Å². The maximum Gasteiger partial charge on any atom is 0.238 e. The summed E-state index contributed by atoms with van der Waals surface area (Å²) in [6.45, 7) is 7.05. The van der Waals surface area contributed by atoms with Gasteiger partial charge < -0.3 is 14.8 Å². The number of fused-ring (bicyclic) bond motifs is 1. The monoisotopic (exact) mass is 402 g/mol. The van der Waals surface area contributed by atoms with Gasteiger partial charge in [-0.3, -0.25) is 9.69 Å². The van der Waals surface area contributed by atoms with Crippen LogP contribution in [0.3, 0.4) is 0 Å². The van der Waals surface area contributed by atoms with E-state index in [1.165, 1.54) is 0 Å². The van der Waals surface area contributed by atoms with E-state index >= 15 is 0 Å². The van der Waals surface area contributed by atoms with Crippen LogP contribution in [0.4, 0.5) is 5.69 Å². The minimum Gasteiger partial charge on any atom is -0.489 e. The average Bonchev–Trinajstić information content (AvgIpc) is 2.90. The number of para-hydroxylation sites is 1. The van der Waals surface area contributed by atoms with E-state index in [2.05, 4.69) is 17.1 Å². The SMILES string of the molecule is CCCN(CC(=O)Nc1ccccc1C)Cc1cc(Cl)c2c(c1)OCCCO2. The minimum atomic E-state index is -0.0248. The van der Waals surface area contributed by atoms with Gasteiger partial charge in [0.15, 0.2) is 11.5 Å². The fraction of sp³-hybridized carbons (Fsp3) is 0.409. The highest BCUT2D eigenvalue weighted by Gasteiger charge is 2.18. The maximum atomic E-state index is 12.6. The molecule has 2 aromatic carbocycles. The van der Waals surface area contributed by atoms with Gasteiger partial charge in [-0.25, -0.2) is 0 Å². The number of benzene rings is 2. The molecule has 150 valence electrons. The Morgan fingerprint density at radius 1 is 1.21 bits per heavy atom. The predicted molar refractivity (Wildman–Crippen MR) is 112 cm³/mol. The lowest BCUT2D eigenvalue weighted by Gasteiger charge is -2.22. The van der Waals surface area contributed by atoms with Crippen LogP contribution in [-0.4, -0.2) is 37.1 Å². The standard InChI is InChI=1S/C22H27ClN2O3/c1-3-9-25(15-21(26)24-19-8-5-4-7-16(19)2)14-17-12-18(23)22-20(13-17)27-10-6-11-28-22/h4-5,7-8,12-13H,3,6,9-11,14-15H2,1-2H3,(H,24,26). The highest BCUT2D eigenvalue weighted by molar-refractivity contribution is 6.32. The lowest BCUT2D eigenvalue weighted by molar-refractivity contribution is -0.117. The van der Waals surface area contributed by atoms with E-state index in [9.17, 15) is 4.79 Å². The van der Waals surface area contributed by atoms with Crippen LogP contribution in [0.5, 0.6) is 11.5 Å². The summed E-state index contributed by atoms with van der Waals surface area (Å²) in [7, 11) is 0. The third-order valence-electron chi connectivity index (χ3n) is 4.59. The molecule has 0 atom stereocenters. The third-order valence-corrected chi connectivity index (χ3v) is 4.88. The molecule has 3 rings (SSSR count). The van der Waals surface area contributed by atoms with Crippen molar-refractivity contribution in [2.24, 2.45) is 0 Å². The number of rotatable bonds is 7. The highest BCUT2D eigenvalue weighted by Crippen LogP contribution is 2.38. The molecule has 0 saturated heterocycles. The summed E-state index contributed by atoms with van der Waals surface area (Å²) in [4.78, 5) is 14.7. The first-order valence-corrected chi connectivity index (χ1v) is 10.1. The molecule has 5 nitrogen and oxygen atoms in total. The maximum absolute atomic E-state index is 12.6. The summed E-state index contributed by atoms with van der Waals surface area (Å²) in [6.07, 6.45) is 1.79. The van der Waals surface area contributed by atoms with E-state index in [1.54, 1.807) is 0 Å². The van der Waals surface area contributed by atoms with Crippen molar-refractivity contribution >= 4 is 23.2 Å². The summed E-state index contributed by atoms with van der Waals surface area (Å²) in [5, 5.41) is 3.55. The smallest absolute Gasteiger partial charge is 0.238 e. The number of nitrogens with zero attached hydrogens (tertiary/aromatic N) is 1. The number of aryl methyl sites for hydroxylation is 1. The zero-order chi connectivity index (χ0) is 19.9. The molecule has 1 aliphatic rings. The molecule has 0 unspecified atom stereocenters. The van der Waals surface area contributed by atoms with Crippen LogP contribution in [0.15, 0.2) is 36.4 Å². The van der Waals surface area contributed by atoms with Gasteiger partial charge in [-0.05, 0) is 49.2 Å². The van der Waals surface area contributed by atoms with E-state index in [0.717, 1.165) is 36.2 Å². The molecule has 0 radical (unpaired) electrons. The van der Waals surface area contributed by atoms with Crippen LogP contribution in [0.2, 0.25) is 5.02 Å². The van der Waals surface area contributed by atoms with Gasteiger partial charge in [0.05, 0.1) is 24.8 Å². The zero-order valence-electron chi connectivity index (χ0n) is 16.5. The Hall–Kier alpha value is -2.24. The van der Waals surface area contributed by atoms with Crippen LogP contribution in [0.1, 0.15) is 30.9 Å². The molecule has 0 aliphatic carbocycles. The van der Waals surface area contributed by atoms with Crippen molar-refractivity contribution in [3.05, 3.63) is 52.5 Å². The van der Waals surface area contributed by atoms with Gasteiger partial charge in [0, 0.05) is 18.7 Å². The molecule has 0 bridgehead atoms. The van der Waals surface area contributed by atoms with Crippen molar-refractivity contribution in [3.8, 4) is 11.5 Å². The second-order valence-electron chi connectivity index (χ2n) is 7.03. The molecule has 0 fully saturated rings. The fourth-order valence-electron chi connectivity index (χ4n) is 3.27. The second kappa shape index (κ2) is 9.80. The summed E-state index contributed by atoms with van der Waals surface area (Å²) in [5.74, 6) is 1.27. The van der Waals surface area contributed by atoms with Crippen LogP contribution >= 0.6 is 11.6 Å². The Morgan fingerprint density at radius 3 is 2.79 bits per heavy atom. The van der Waals surface area contributed by atoms with Crippen molar-refractivity contribution in [1.82, 2.24) is 4.90 Å². The van der Waals surface area contributed by atoms with Gasteiger partial charge >= 0.3 is 0 Å². The van der Waals surface area contributed by atoms with Crippen LogP contribution < -0.4 is 14.8 Å². The first-order chi connectivity index (χ1) is 13.6. The number of hydrogen-bond acceptors (Lipinski definition) is 4. The normalized spacial score (nSPS) is 13.3. The van der Waals surface area contributed by atoms with Crippen LogP contribution in [0, 0.1) is 6.92 Å². The fourth-order valence-corrected chi connectivity index (χ4v) is 3.56. The van der Waals surface area contributed by atoms with E-state index < -0.39 is 0 Å². The number of carbonyl (C=O) groups is 1. The number of anilines is 1. The van der Waals surface area contributed by atoms with E-state index in [4.69, 9.17) is 21.1 Å². The average molecular weight is 403 g/mol. The van der Waals surface area contributed by atoms with Crippen LogP contribution in [-0.2, 0) is 11.3 Å². The van der Waals surface area contributed by atoms with E-state index in [0.29, 0.717) is 42.8 Å². The molecular formula is C22H27ClN2O3. The molecule has 0 spiro atoms. The second-order valence-corrected chi connectivity index (χ2v) is 7.44. The molecule has 1 aliphatic heterocycles. The Morgan fingerprint density at radius 2 is 2.00 bits per heavy atom. The molecule has 1 heterocycles. The number of ether oxygens (including phenoxy) is 2. The topological polar surface area (TPSA) is 50.8 Å². The number of carbonyl (C=O) groups excluding carboxylic acids is 1. The van der Waals surface area contributed by atoms with Crippen molar-refractivity contribution in [3.63, 3.8) is 0 Å². The molecule has 1 N–H and O–H groups in total. The number of amides is 1. The zero-order valence-corrected chi connectivity index (χ0v) is 17.2.